The summed E-state index contributed by atoms with van der Waals surface area (Å²) in [4.78, 5) is 26.7. The quantitative estimate of drug-likeness (QED) is 0.127. The molecule has 0 spiro atoms. The van der Waals surface area contributed by atoms with Crippen LogP contribution in [-0.2, 0) is 85.8 Å². The van der Waals surface area contributed by atoms with Gasteiger partial charge in [0.25, 0.3) is 0 Å². The van der Waals surface area contributed by atoms with Crippen molar-refractivity contribution in [3.05, 3.63) is 423 Å². The molecule has 0 aliphatic carbocycles. The van der Waals surface area contributed by atoms with Gasteiger partial charge in [-0.05, 0) is 139 Å². The molecule has 0 atom stereocenters. The smallest absolute Gasteiger partial charge is 0.0239 e. The maximum absolute atomic E-state index is 4.55. The van der Waals surface area contributed by atoms with Crippen molar-refractivity contribution in [2.75, 3.05) is 0 Å². The molecule has 10 heteroatoms. The van der Waals surface area contributed by atoms with Gasteiger partial charge in [0.05, 0.1) is 0 Å². The number of hydrogen-bond donors (Lipinski definition) is 0. The summed E-state index contributed by atoms with van der Waals surface area (Å²) in [6.07, 6.45) is 11.3. The molecule has 0 aliphatic rings. The zero-order chi connectivity index (χ0) is 71.3. The third kappa shape index (κ3) is 25.4. The molecule has 538 valence electrons. The minimum absolute atomic E-state index is 0. The molecule has 10 aromatic carbocycles. The van der Waals surface area contributed by atoms with E-state index in [2.05, 4.69) is 217 Å². The summed E-state index contributed by atoms with van der Waals surface area (Å²) in [5.74, 6) is 0. The molecular formula is C97H78Ir4N6-6. The van der Waals surface area contributed by atoms with E-state index in [4.69, 9.17) is 0 Å². The van der Waals surface area contributed by atoms with Crippen LogP contribution >= 0.6 is 0 Å². The molecule has 6 aromatic heterocycles. The molecule has 0 saturated carbocycles. The van der Waals surface area contributed by atoms with Crippen LogP contribution in [0.3, 0.4) is 0 Å². The van der Waals surface area contributed by atoms with E-state index in [9.17, 15) is 0 Å². The average molecular weight is 2100 g/mol. The molecule has 16 aromatic rings. The van der Waals surface area contributed by atoms with Crippen molar-refractivity contribution in [2.45, 2.75) is 47.0 Å². The zero-order valence-corrected chi connectivity index (χ0v) is 69.7. The van der Waals surface area contributed by atoms with Crippen molar-refractivity contribution in [3.63, 3.8) is 0 Å². The van der Waals surface area contributed by atoms with E-state index >= 15 is 0 Å². The van der Waals surface area contributed by atoms with E-state index in [0.29, 0.717) is 0 Å². The van der Waals surface area contributed by atoms with Crippen molar-refractivity contribution >= 4 is 0 Å². The summed E-state index contributed by atoms with van der Waals surface area (Å²) in [6.45, 7) is 13.0. The van der Waals surface area contributed by atoms with Gasteiger partial charge in [-0.2, -0.15) is 0 Å². The summed E-state index contributed by atoms with van der Waals surface area (Å²) in [5.41, 5.74) is 26.7. The van der Waals surface area contributed by atoms with Gasteiger partial charge in [0, 0.05) is 118 Å². The molecule has 0 N–H and O–H groups in total. The van der Waals surface area contributed by atoms with E-state index in [-0.39, 0.29) is 85.8 Å². The van der Waals surface area contributed by atoms with Gasteiger partial charge in [0.2, 0.25) is 0 Å². The van der Waals surface area contributed by atoms with Gasteiger partial charge in [0.15, 0.2) is 0 Å². The summed E-state index contributed by atoms with van der Waals surface area (Å²) < 4.78 is 0. The Morgan fingerprint density at radius 3 is 0.888 bits per heavy atom. The summed E-state index contributed by atoms with van der Waals surface area (Å²) in [6, 6.07) is 128. The maximum atomic E-state index is 4.55. The third-order valence-corrected chi connectivity index (χ3v) is 16.8. The van der Waals surface area contributed by atoms with Crippen LogP contribution in [0.1, 0.15) is 43.0 Å². The number of benzene rings is 10. The second kappa shape index (κ2) is 44.0. The summed E-state index contributed by atoms with van der Waals surface area (Å²) in [5, 5.41) is 0. The Morgan fingerprint density at radius 1 is 0.224 bits per heavy atom. The first-order chi connectivity index (χ1) is 50.5. The van der Waals surface area contributed by atoms with E-state index < -0.39 is 0 Å². The van der Waals surface area contributed by atoms with E-state index in [1.165, 1.54) is 44.5 Å². The van der Waals surface area contributed by atoms with Crippen LogP contribution in [0.4, 0.5) is 0 Å². The molecule has 0 aliphatic heterocycles. The zero-order valence-electron chi connectivity index (χ0n) is 60.2. The summed E-state index contributed by atoms with van der Waals surface area (Å²) >= 11 is 0. The van der Waals surface area contributed by atoms with Crippen LogP contribution < -0.4 is 0 Å². The second-order valence-corrected chi connectivity index (χ2v) is 25.1. The molecule has 4 radical (unpaired) electrons. The molecule has 0 unspecified atom stereocenters. The van der Waals surface area contributed by atoms with Gasteiger partial charge in [0.1, 0.15) is 0 Å². The molecule has 0 saturated heterocycles. The van der Waals surface area contributed by atoms with Crippen molar-refractivity contribution < 1.29 is 80.4 Å². The molecule has 0 fully saturated rings. The van der Waals surface area contributed by atoms with Gasteiger partial charge in [-0.15, -0.1) is 215 Å². The Kier molecular flexibility index (Phi) is 34.5. The van der Waals surface area contributed by atoms with Gasteiger partial charge >= 0.3 is 0 Å². The minimum Gasteiger partial charge on any atom is -0.305 e. The molecule has 6 nitrogen and oxygen atoms in total. The van der Waals surface area contributed by atoms with Crippen molar-refractivity contribution in [1.29, 1.82) is 0 Å². The standard InChI is InChI=1S/C19H16N.C18H14N.2C17H12N.C15H16N.C11H8N.4Ir/c1-14-8-9-17(12-15(14)2)18-10-11-19(20-13-18)16-6-4-3-5-7-16;1-14-7-5-6-10-17(14)16-11-12-18(19-13-16)15-8-3-2-4-9-15;2*1-3-7-14(8-4-1)16-11-12-17(18-13-16)15-9-5-2-6-10-15;1-15(2,3)13-9-10-16-14(11-13)12-7-5-4-6-8-12;1-2-6-10(7-3-1)11-8-4-5-9-12-11;;;;/h3-6,8-13H,1-2H3;2-8,10-13H,1H3;2*1-9,11-13H;4-7,9-11H,1-3H3;1-6,8-9H;;;;/q6*-1;;;;. The predicted octanol–water partition coefficient (Wildman–Crippen LogP) is 24.2. The molecule has 0 bridgehead atoms. The average Bonchev–Trinajstić information content (AvgIpc) is 0.850. The van der Waals surface area contributed by atoms with E-state index in [1.54, 1.807) is 6.20 Å². The first-order valence-corrected chi connectivity index (χ1v) is 34.3. The van der Waals surface area contributed by atoms with Crippen LogP contribution in [0.25, 0.3) is 112 Å². The van der Waals surface area contributed by atoms with Gasteiger partial charge in [-0.1, -0.05) is 191 Å². The first kappa shape index (κ1) is 84.0. The molecular weight excluding hydrogens is 2020 g/mol. The number of nitrogens with zero attached hydrogens (tertiary/aromatic N) is 6. The fraction of sp³-hybridized carbons (Fsp3) is 0.0722. The van der Waals surface area contributed by atoms with Gasteiger partial charge in [-0.3, -0.25) is 0 Å². The number of aryl methyl sites for hydroxylation is 3. The van der Waals surface area contributed by atoms with Gasteiger partial charge in [-0.25, -0.2) is 0 Å². The molecule has 16 rings (SSSR count). The topological polar surface area (TPSA) is 77.3 Å². The molecule has 6 heterocycles. The Labute approximate surface area is 686 Å². The molecule has 107 heavy (non-hydrogen) atoms. The van der Waals surface area contributed by atoms with Crippen LogP contribution in [0.2, 0.25) is 0 Å². The van der Waals surface area contributed by atoms with Crippen LogP contribution in [0.15, 0.2) is 365 Å². The van der Waals surface area contributed by atoms with E-state index in [0.717, 1.165) is 89.8 Å². The number of pyridine rings is 6. The fourth-order valence-electron chi connectivity index (χ4n) is 10.8. The van der Waals surface area contributed by atoms with Crippen molar-refractivity contribution in [2.24, 2.45) is 0 Å². The normalized spacial score (nSPS) is 10.0. The maximum Gasteiger partial charge on any atom is 0.0239 e. The summed E-state index contributed by atoms with van der Waals surface area (Å²) in [7, 11) is 0. The van der Waals surface area contributed by atoms with E-state index in [1.807, 2.05) is 249 Å². The second-order valence-electron chi connectivity index (χ2n) is 25.1. The third-order valence-electron chi connectivity index (χ3n) is 16.8. The number of hydrogen-bond acceptors (Lipinski definition) is 6. The predicted molar refractivity (Wildman–Crippen MR) is 426 cm³/mol. The number of rotatable bonds is 10. The Bertz CT molecular complexity index is 4860. The van der Waals surface area contributed by atoms with Crippen LogP contribution in [-0.4, -0.2) is 29.9 Å². The fourth-order valence-corrected chi connectivity index (χ4v) is 10.8. The molecule has 0 amide bonds. The minimum atomic E-state index is 0. The van der Waals surface area contributed by atoms with Crippen LogP contribution in [0, 0.1) is 57.2 Å². The Balaban J connectivity index is 0.000000179. The Morgan fingerprint density at radius 2 is 0.551 bits per heavy atom. The van der Waals surface area contributed by atoms with Crippen LogP contribution in [0.5, 0.6) is 0 Å². The largest absolute Gasteiger partial charge is 0.305 e. The van der Waals surface area contributed by atoms with Crippen molar-refractivity contribution in [1.82, 2.24) is 29.9 Å². The first-order valence-electron chi connectivity index (χ1n) is 34.3. The Hall–Kier alpha value is -10.3. The van der Waals surface area contributed by atoms with Gasteiger partial charge < -0.3 is 29.9 Å². The van der Waals surface area contributed by atoms with Crippen molar-refractivity contribution in [3.8, 4) is 112 Å². The number of aromatic nitrogens is 6. The SMILES string of the molecule is CC(C)(C)c1ccnc(-c2[c-]cccc2)c1.Cc1ccc(-c2ccc(-c3[c-]cccc3)nc2)cc1C.Cc1ccccc1-c1ccc(-c2[c-]cccc2)nc1.[Ir].[Ir].[Ir].[Ir].[c-]1ccccc1-c1ccc(-c2ccccc2)cn1.[c-]1ccccc1-c1ccc(-c2ccccc2)cn1.[c-]1ccccc1-c1ccccn1. The monoisotopic (exact) mass is 2100 g/mol.